The first-order chi connectivity index (χ1) is 3.29. The Hall–Kier alpha value is -0.630. The highest BCUT2D eigenvalue weighted by atomic mass is 32.1. The lowest BCUT2D eigenvalue weighted by Crippen LogP contribution is -1.88. The molecule has 0 bridgehead atoms. The smallest absolute Gasteiger partial charge is 0.0398 e. The fourth-order valence-corrected chi connectivity index (χ4v) is 0.643. The zero-order valence-electron chi connectivity index (χ0n) is 3.72. The first-order valence-electron chi connectivity index (χ1n) is 1.98. The van der Waals surface area contributed by atoms with Crippen LogP contribution in [0.2, 0.25) is 0 Å². The molecule has 0 aromatic carbocycles. The van der Waals surface area contributed by atoms with E-state index in [-0.39, 0.29) is 0 Å². The van der Waals surface area contributed by atoms with Crippen molar-refractivity contribution in [2.24, 2.45) is 5.73 Å². The van der Waals surface area contributed by atoms with Crippen LogP contribution in [0.3, 0.4) is 0 Å². The maximum Gasteiger partial charge on any atom is 0.0398 e. The van der Waals surface area contributed by atoms with Crippen molar-refractivity contribution in [2.75, 3.05) is 0 Å². The molecular weight excluding hydrogens is 106 g/mol. The van der Waals surface area contributed by atoms with Crippen LogP contribution in [-0.2, 0) is 0 Å². The van der Waals surface area contributed by atoms with Gasteiger partial charge in [0, 0.05) is 10.6 Å². The second-order valence-electron chi connectivity index (χ2n) is 1.38. The van der Waals surface area contributed by atoms with E-state index < -0.39 is 0 Å². The van der Waals surface area contributed by atoms with Crippen LogP contribution < -0.4 is 5.73 Å². The summed E-state index contributed by atoms with van der Waals surface area (Å²) >= 11 is 4.75. The van der Waals surface area contributed by atoms with Gasteiger partial charge in [-0.3, -0.25) is 0 Å². The summed E-state index contributed by atoms with van der Waals surface area (Å²) in [6.07, 6.45) is 5.36. The van der Waals surface area contributed by atoms with Gasteiger partial charge in [0.05, 0.1) is 0 Å². The molecule has 0 fully saturated rings. The normalized spacial score (nSPS) is 17.7. The Kier molecular flexibility index (Phi) is 0.947. The van der Waals surface area contributed by atoms with Gasteiger partial charge in [-0.25, -0.2) is 0 Å². The molecule has 1 aliphatic carbocycles. The molecule has 2 N–H and O–H groups in total. The summed E-state index contributed by atoms with van der Waals surface area (Å²) in [5.74, 6) is 0. The molecule has 0 atom stereocenters. The molecule has 2 heteroatoms. The molecule has 7 heavy (non-hydrogen) atoms. The summed E-state index contributed by atoms with van der Waals surface area (Å²) in [6, 6.07) is 0. The Morgan fingerprint density at radius 1 is 1.43 bits per heavy atom. The fourth-order valence-electron chi connectivity index (χ4n) is 0.439. The minimum Gasteiger partial charge on any atom is -0.399 e. The van der Waals surface area contributed by atoms with Crippen LogP contribution in [0, 0.1) is 0 Å². The molecule has 0 saturated carbocycles. The third-order valence-electron chi connectivity index (χ3n) is 0.749. The van der Waals surface area contributed by atoms with Crippen molar-refractivity contribution in [3.63, 3.8) is 0 Å². The Morgan fingerprint density at radius 3 is 2.29 bits per heavy atom. The molecule has 1 nitrogen and oxygen atoms in total. The summed E-state index contributed by atoms with van der Waals surface area (Å²) in [7, 11) is 0. The number of nitrogens with two attached hydrogens (primary N) is 1. The quantitative estimate of drug-likeness (QED) is 0.467. The second kappa shape index (κ2) is 1.46. The van der Waals surface area contributed by atoms with Crippen LogP contribution in [0.4, 0.5) is 0 Å². The Balaban J connectivity index is 2.88. The first-order valence-corrected chi connectivity index (χ1v) is 2.39. The molecule has 1 aliphatic rings. The Labute approximate surface area is 47.5 Å². The van der Waals surface area contributed by atoms with Crippen LogP contribution in [0.5, 0.6) is 0 Å². The lowest BCUT2D eigenvalue weighted by molar-refractivity contribution is 1.46. The standard InChI is InChI=1S/C5H5NS/c6-4-1-2-5(7)3-4/h1-3H,6H2. The molecule has 0 unspecified atom stereocenters. The van der Waals surface area contributed by atoms with Crippen molar-refractivity contribution in [1.82, 2.24) is 0 Å². The summed E-state index contributed by atoms with van der Waals surface area (Å²) in [5, 5.41) is 0. The average molecular weight is 111 g/mol. The van der Waals surface area contributed by atoms with Crippen molar-refractivity contribution in [3.05, 3.63) is 23.9 Å². The molecule has 0 heterocycles. The average Bonchev–Trinajstić information content (AvgIpc) is 1.87. The van der Waals surface area contributed by atoms with E-state index in [1.807, 2.05) is 6.08 Å². The van der Waals surface area contributed by atoms with Crippen LogP contribution in [0.1, 0.15) is 0 Å². The van der Waals surface area contributed by atoms with Gasteiger partial charge in [-0.1, -0.05) is 12.2 Å². The number of hydrogen-bond acceptors (Lipinski definition) is 2. The molecule has 0 aromatic heterocycles. The molecule has 0 amide bonds. The molecule has 1 rings (SSSR count). The maximum atomic E-state index is 5.31. The van der Waals surface area contributed by atoms with E-state index in [1.54, 1.807) is 12.2 Å². The highest BCUT2D eigenvalue weighted by Gasteiger charge is 1.93. The molecular formula is C5H5NS. The van der Waals surface area contributed by atoms with E-state index in [2.05, 4.69) is 0 Å². The minimum atomic E-state index is 0.755. The molecule has 0 spiro atoms. The lowest BCUT2D eigenvalue weighted by atomic mass is 10.5. The van der Waals surface area contributed by atoms with Gasteiger partial charge in [-0.05, 0) is 18.2 Å². The SMILES string of the molecule is NC1=CC(=S)C=C1. The molecule has 36 valence electrons. The third kappa shape index (κ3) is 0.871. The summed E-state index contributed by atoms with van der Waals surface area (Å²) < 4.78 is 0. The van der Waals surface area contributed by atoms with Gasteiger partial charge >= 0.3 is 0 Å². The number of allylic oxidation sites excluding steroid dienone is 3. The predicted octanol–water partition coefficient (Wildman–Crippen LogP) is 0.769. The summed E-state index contributed by atoms with van der Waals surface area (Å²) in [4.78, 5) is 0.817. The number of rotatable bonds is 0. The summed E-state index contributed by atoms with van der Waals surface area (Å²) in [5.41, 5.74) is 6.07. The first kappa shape index (κ1) is 4.53. The van der Waals surface area contributed by atoms with Crippen LogP contribution in [-0.4, -0.2) is 4.86 Å². The van der Waals surface area contributed by atoms with Gasteiger partial charge in [0.1, 0.15) is 0 Å². The van der Waals surface area contributed by atoms with Crippen LogP contribution in [0.25, 0.3) is 0 Å². The van der Waals surface area contributed by atoms with E-state index in [0.29, 0.717) is 0 Å². The van der Waals surface area contributed by atoms with Gasteiger partial charge < -0.3 is 5.73 Å². The topological polar surface area (TPSA) is 26.0 Å². The van der Waals surface area contributed by atoms with E-state index in [1.165, 1.54) is 0 Å². The zero-order chi connectivity index (χ0) is 5.28. The van der Waals surface area contributed by atoms with Crippen molar-refractivity contribution < 1.29 is 0 Å². The van der Waals surface area contributed by atoms with E-state index in [0.717, 1.165) is 10.6 Å². The van der Waals surface area contributed by atoms with E-state index >= 15 is 0 Å². The van der Waals surface area contributed by atoms with Crippen molar-refractivity contribution in [3.8, 4) is 0 Å². The van der Waals surface area contributed by atoms with Crippen LogP contribution >= 0.6 is 12.2 Å². The van der Waals surface area contributed by atoms with E-state index in [9.17, 15) is 0 Å². The van der Waals surface area contributed by atoms with Gasteiger partial charge in [0.25, 0.3) is 0 Å². The molecule has 0 saturated heterocycles. The highest BCUT2D eigenvalue weighted by molar-refractivity contribution is 7.81. The lowest BCUT2D eigenvalue weighted by Gasteiger charge is -1.76. The molecule has 0 aliphatic heterocycles. The van der Waals surface area contributed by atoms with Gasteiger partial charge in [0.15, 0.2) is 0 Å². The van der Waals surface area contributed by atoms with Crippen LogP contribution in [0.15, 0.2) is 23.9 Å². The highest BCUT2D eigenvalue weighted by Crippen LogP contribution is 1.99. The van der Waals surface area contributed by atoms with Gasteiger partial charge in [-0.2, -0.15) is 0 Å². The summed E-state index contributed by atoms with van der Waals surface area (Å²) in [6.45, 7) is 0. The third-order valence-corrected chi connectivity index (χ3v) is 1.00. The van der Waals surface area contributed by atoms with Crippen molar-refractivity contribution in [1.29, 1.82) is 0 Å². The zero-order valence-corrected chi connectivity index (χ0v) is 4.53. The Morgan fingerprint density at radius 2 is 2.14 bits per heavy atom. The van der Waals surface area contributed by atoms with Crippen molar-refractivity contribution >= 4 is 17.1 Å². The number of hydrogen-bond donors (Lipinski definition) is 1. The Bertz CT molecular complexity index is 155. The second-order valence-corrected chi connectivity index (χ2v) is 1.85. The molecule has 0 radical (unpaired) electrons. The van der Waals surface area contributed by atoms with Gasteiger partial charge in [0.2, 0.25) is 0 Å². The van der Waals surface area contributed by atoms with Gasteiger partial charge in [-0.15, -0.1) is 0 Å². The minimum absolute atomic E-state index is 0.755. The molecule has 0 aromatic rings. The fraction of sp³-hybridized carbons (Fsp3) is 0. The van der Waals surface area contributed by atoms with Crippen molar-refractivity contribution in [2.45, 2.75) is 0 Å². The largest absolute Gasteiger partial charge is 0.399 e. The monoisotopic (exact) mass is 111 g/mol. The maximum absolute atomic E-state index is 5.31. The van der Waals surface area contributed by atoms with E-state index in [4.69, 9.17) is 18.0 Å². The predicted molar refractivity (Wildman–Crippen MR) is 34.0 cm³/mol. The number of thiocarbonyl (C=S) groups is 1.